The van der Waals surface area contributed by atoms with E-state index in [0.29, 0.717) is 17.0 Å². The zero-order valence-corrected chi connectivity index (χ0v) is 15.9. The van der Waals surface area contributed by atoms with Crippen molar-refractivity contribution in [3.05, 3.63) is 58.9 Å². The van der Waals surface area contributed by atoms with Gasteiger partial charge in [-0.3, -0.25) is 0 Å². The third kappa shape index (κ3) is 3.66. The van der Waals surface area contributed by atoms with Gasteiger partial charge in [0.25, 0.3) is 0 Å². The highest BCUT2D eigenvalue weighted by molar-refractivity contribution is 5.66. The van der Waals surface area contributed by atoms with Crippen molar-refractivity contribution >= 4 is 0 Å². The molecular formula is C24H27F3. The van der Waals surface area contributed by atoms with E-state index in [-0.39, 0.29) is 5.82 Å². The van der Waals surface area contributed by atoms with Crippen LogP contribution in [0.2, 0.25) is 0 Å². The van der Waals surface area contributed by atoms with E-state index in [1.807, 2.05) is 6.07 Å². The Bertz CT molecular complexity index is 819. The molecule has 0 N–H and O–H groups in total. The molecule has 1 fully saturated rings. The summed E-state index contributed by atoms with van der Waals surface area (Å²) in [5.41, 5.74) is 2.65. The first kappa shape index (κ1) is 18.6. The zero-order chi connectivity index (χ0) is 19.0. The smallest absolute Gasteiger partial charge is 0.159 e. The van der Waals surface area contributed by atoms with E-state index in [1.54, 1.807) is 6.07 Å². The number of benzene rings is 2. The summed E-state index contributed by atoms with van der Waals surface area (Å²) in [5.74, 6) is 0.226. The molecule has 4 rings (SSSR count). The van der Waals surface area contributed by atoms with Gasteiger partial charge in [0.2, 0.25) is 0 Å². The summed E-state index contributed by atoms with van der Waals surface area (Å²) in [6.45, 7) is 2.29. The zero-order valence-electron chi connectivity index (χ0n) is 15.9. The Labute approximate surface area is 159 Å². The first-order chi connectivity index (χ1) is 13.1. The molecule has 0 radical (unpaired) electrons. The Balaban J connectivity index is 1.54. The average molecular weight is 372 g/mol. The molecule has 144 valence electrons. The molecule has 0 aromatic heterocycles. The molecule has 2 aromatic rings. The van der Waals surface area contributed by atoms with Gasteiger partial charge >= 0.3 is 0 Å². The topological polar surface area (TPSA) is 0 Å². The number of halogens is 3. The molecule has 1 saturated carbocycles. The predicted molar refractivity (Wildman–Crippen MR) is 103 cm³/mol. The monoisotopic (exact) mass is 372 g/mol. The lowest BCUT2D eigenvalue weighted by molar-refractivity contribution is 0.186. The standard InChI is InChI=1S/C24H27F3/c1-2-15-3-5-16(6-4-15)17-7-10-20-18(13-17)8-11-21(24(20)27)19-9-12-22(25)23(26)14-19/h8-9,11-12,14-17H,2-7,10,13H2,1H3. The van der Waals surface area contributed by atoms with Crippen LogP contribution in [-0.2, 0) is 12.8 Å². The first-order valence-electron chi connectivity index (χ1n) is 10.3. The summed E-state index contributed by atoms with van der Waals surface area (Å²) in [4.78, 5) is 0. The molecule has 0 bridgehead atoms. The molecule has 0 spiro atoms. The molecule has 2 aliphatic rings. The fourth-order valence-corrected chi connectivity index (χ4v) is 5.19. The van der Waals surface area contributed by atoms with Crippen LogP contribution in [0, 0.1) is 35.2 Å². The second-order valence-electron chi connectivity index (χ2n) is 8.39. The first-order valence-corrected chi connectivity index (χ1v) is 10.3. The normalized spacial score (nSPS) is 25.3. The molecule has 3 heteroatoms. The van der Waals surface area contributed by atoms with Crippen molar-refractivity contribution in [3.8, 4) is 11.1 Å². The van der Waals surface area contributed by atoms with Gasteiger partial charge < -0.3 is 0 Å². The lowest BCUT2D eigenvalue weighted by atomic mass is 9.69. The van der Waals surface area contributed by atoms with Crippen molar-refractivity contribution in [1.82, 2.24) is 0 Å². The average Bonchev–Trinajstić information content (AvgIpc) is 2.70. The Morgan fingerprint density at radius 3 is 2.33 bits per heavy atom. The van der Waals surface area contributed by atoms with Crippen LogP contribution < -0.4 is 0 Å². The third-order valence-electron chi connectivity index (χ3n) is 6.95. The van der Waals surface area contributed by atoms with Gasteiger partial charge in [0.15, 0.2) is 11.6 Å². The quantitative estimate of drug-likeness (QED) is 0.539. The van der Waals surface area contributed by atoms with Crippen LogP contribution in [0.15, 0.2) is 30.3 Å². The molecule has 0 amide bonds. The number of rotatable bonds is 3. The van der Waals surface area contributed by atoms with Crippen LogP contribution in [0.25, 0.3) is 11.1 Å². The molecule has 0 aliphatic heterocycles. The fourth-order valence-electron chi connectivity index (χ4n) is 5.19. The van der Waals surface area contributed by atoms with Crippen molar-refractivity contribution in [1.29, 1.82) is 0 Å². The van der Waals surface area contributed by atoms with Gasteiger partial charge in [-0.2, -0.15) is 0 Å². The molecule has 1 atom stereocenters. The number of fused-ring (bicyclic) bond motifs is 1. The maximum atomic E-state index is 15.1. The SMILES string of the molecule is CCC1CCC(C2CCc3c(ccc(-c4ccc(F)c(F)c4)c3F)C2)CC1. The van der Waals surface area contributed by atoms with Crippen LogP contribution in [-0.4, -0.2) is 0 Å². The Kier molecular flexibility index (Phi) is 5.29. The summed E-state index contributed by atoms with van der Waals surface area (Å²) in [6.07, 6.45) is 9.33. The third-order valence-corrected chi connectivity index (χ3v) is 6.95. The fraction of sp³-hybridized carbons (Fsp3) is 0.500. The Morgan fingerprint density at radius 2 is 1.63 bits per heavy atom. The molecular weight excluding hydrogens is 345 g/mol. The highest BCUT2D eigenvalue weighted by Crippen LogP contribution is 2.41. The van der Waals surface area contributed by atoms with Crippen LogP contribution in [0.3, 0.4) is 0 Å². The van der Waals surface area contributed by atoms with Crippen molar-refractivity contribution in [3.63, 3.8) is 0 Å². The molecule has 0 nitrogen and oxygen atoms in total. The summed E-state index contributed by atoms with van der Waals surface area (Å²) >= 11 is 0. The van der Waals surface area contributed by atoms with E-state index < -0.39 is 11.6 Å². The Morgan fingerprint density at radius 1 is 0.852 bits per heavy atom. The summed E-state index contributed by atoms with van der Waals surface area (Å²) in [7, 11) is 0. The van der Waals surface area contributed by atoms with Gasteiger partial charge in [0.1, 0.15) is 5.82 Å². The largest absolute Gasteiger partial charge is 0.206 e. The second kappa shape index (κ2) is 7.69. The van der Waals surface area contributed by atoms with E-state index in [9.17, 15) is 8.78 Å². The lowest BCUT2D eigenvalue weighted by Gasteiger charge is -2.36. The van der Waals surface area contributed by atoms with Crippen LogP contribution >= 0.6 is 0 Å². The molecule has 0 heterocycles. The van der Waals surface area contributed by atoms with Gasteiger partial charge in [-0.15, -0.1) is 0 Å². The second-order valence-corrected chi connectivity index (χ2v) is 8.39. The van der Waals surface area contributed by atoms with Crippen molar-refractivity contribution < 1.29 is 13.2 Å². The summed E-state index contributed by atoms with van der Waals surface area (Å²) in [6, 6.07) is 7.32. The molecule has 2 aliphatic carbocycles. The Hall–Kier alpha value is -1.77. The molecule has 0 saturated heterocycles. The summed E-state index contributed by atoms with van der Waals surface area (Å²) < 4.78 is 41.9. The van der Waals surface area contributed by atoms with E-state index >= 15 is 4.39 Å². The van der Waals surface area contributed by atoms with E-state index in [2.05, 4.69) is 6.92 Å². The molecule has 1 unspecified atom stereocenters. The van der Waals surface area contributed by atoms with Gasteiger partial charge in [0, 0.05) is 5.56 Å². The van der Waals surface area contributed by atoms with E-state index in [4.69, 9.17) is 0 Å². The highest BCUT2D eigenvalue weighted by Gasteiger charge is 2.31. The van der Waals surface area contributed by atoms with Crippen LogP contribution in [0.1, 0.15) is 56.6 Å². The minimum atomic E-state index is -0.938. The maximum absolute atomic E-state index is 15.1. The van der Waals surface area contributed by atoms with Gasteiger partial charge in [0.05, 0.1) is 0 Å². The van der Waals surface area contributed by atoms with Crippen LogP contribution in [0.5, 0.6) is 0 Å². The van der Waals surface area contributed by atoms with E-state index in [1.165, 1.54) is 38.2 Å². The van der Waals surface area contributed by atoms with Crippen molar-refractivity contribution in [2.75, 3.05) is 0 Å². The maximum Gasteiger partial charge on any atom is 0.159 e. The van der Waals surface area contributed by atoms with Crippen molar-refractivity contribution in [2.24, 2.45) is 17.8 Å². The molecule has 2 aromatic carbocycles. The number of hydrogen-bond donors (Lipinski definition) is 0. The molecule has 27 heavy (non-hydrogen) atoms. The minimum absolute atomic E-state index is 0.258. The summed E-state index contributed by atoms with van der Waals surface area (Å²) in [5, 5.41) is 0. The van der Waals surface area contributed by atoms with Crippen molar-refractivity contribution in [2.45, 2.75) is 58.3 Å². The van der Waals surface area contributed by atoms with E-state index in [0.717, 1.165) is 54.4 Å². The lowest BCUT2D eigenvalue weighted by Crippen LogP contribution is -2.27. The van der Waals surface area contributed by atoms with Crippen LogP contribution in [0.4, 0.5) is 13.2 Å². The minimum Gasteiger partial charge on any atom is -0.206 e. The van der Waals surface area contributed by atoms with Gasteiger partial charge in [-0.25, -0.2) is 13.2 Å². The highest BCUT2D eigenvalue weighted by atomic mass is 19.2. The van der Waals surface area contributed by atoms with Gasteiger partial charge in [-0.1, -0.05) is 44.4 Å². The number of hydrogen-bond acceptors (Lipinski definition) is 0. The van der Waals surface area contributed by atoms with Gasteiger partial charge in [-0.05, 0) is 78.7 Å². The predicted octanol–water partition coefficient (Wildman–Crippen LogP) is 7.09.